The lowest BCUT2D eigenvalue weighted by molar-refractivity contribution is 0.0593. The Morgan fingerprint density at radius 3 is 2.76 bits per heavy atom. The van der Waals surface area contributed by atoms with Crippen LogP contribution in [0.5, 0.6) is 0 Å². The van der Waals surface area contributed by atoms with Gasteiger partial charge in [0.1, 0.15) is 11.9 Å². The minimum absolute atomic E-state index is 0.0527. The Morgan fingerprint density at radius 1 is 1.40 bits per heavy atom. The number of hydrogen-bond donors (Lipinski definition) is 1. The number of benzene rings is 1. The van der Waals surface area contributed by atoms with Crippen LogP contribution in [0.25, 0.3) is 11.4 Å². The highest BCUT2D eigenvalue weighted by Gasteiger charge is 2.23. The van der Waals surface area contributed by atoms with E-state index in [-0.39, 0.29) is 22.6 Å². The summed E-state index contributed by atoms with van der Waals surface area (Å²) in [5.41, 5.74) is 6.48. The zero-order chi connectivity index (χ0) is 18.1. The molecule has 25 heavy (non-hydrogen) atoms. The number of nitriles is 1. The lowest BCUT2D eigenvalue weighted by Crippen LogP contribution is -2.13. The molecule has 2 aromatic heterocycles. The molecule has 0 saturated carbocycles. The summed E-state index contributed by atoms with van der Waals surface area (Å²) in [5.74, 6) is -1.30. The molecule has 0 aliphatic carbocycles. The summed E-state index contributed by atoms with van der Waals surface area (Å²) in [4.78, 5) is 12.1. The summed E-state index contributed by atoms with van der Waals surface area (Å²) in [5, 5.41) is 13.7. The number of methoxy groups -OCH3 is 1. The van der Waals surface area contributed by atoms with Crippen molar-refractivity contribution >= 4 is 23.3 Å². The van der Waals surface area contributed by atoms with E-state index in [0.717, 1.165) is 0 Å². The Kier molecular flexibility index (Phi) is 4.17. The number of carbonyl (C=O) groups excluding carboxylic acids is 1. The molecule has 0 aliphatic heterocycles. The topological polar surface area (TPSA) is 98.9 Å². The van der Waals surface area contributed by atoms with Gasteiger partial charge in [-0.3, -0.25) is 0 Å². The van der Waals surface area contributed by atoms with Crippen LogP contribution in [0, 0.1) is 17.1 Å². The van der Waals surface area contributed by atoms with Crippen LogP contribution >= 0.6 is 11.6 Å². The standard InChI is InChI=1S/C16H11ClFN5O2/c1-25-16(24)15-14(20)9(5-19)7-22(15)13-4-11(18)2-3-12(13)23-8-10(17)6-21-23/h2-4,6-8H,20H2,1H3. The van der Waals surface area contributed by atoms with Crippen molar-refractivity contribution in [2.75, 3.05) is 12.8 Å². The Morgan fingerprint density at radius 2 is 2.16 bits per heavy atom. The fraction of sp³-hybridized carbons (Fsp3) is 0.0625. The number of rotatable bonds is 3. The van der Waals surface area contributed by atoms with Crippen LogP contribution < -0.4 is 5.73 Å². The van der Waals surface area contributed by atoms with E-state index in [1.54, 1.807) is 0 Å². The molecule has 0 radical (unpaired) electrons. The number of nitrogens with two attached hydrogens (primary N) is 1. The lowest BCUT2D eigenvalue weighted by Gasteiger charge is -2.13. The molecule has 0 atom stereocenters. The number of anilines is 1. The first-order chi connectivity index (χ1) is 12.0. The summed E-state index contributed by atoms with van der Waals surface area (Å²) < 4.78 is 21.3. The largest absolute Gasteiger partial charge is 0.464 e. The minimum Gasteiger partial charge on any atom is -0.464 e. The molecule has 0 bridgehead atoms. The number of carbonyl (C=O) groups is 1. The van der Waals surface area contributed by atoms with Gasteiger partial charge < -0.3 is 15.0 Å². The van der Waals surface area contributed by atoms with E-state index >= 15 is 0 Å². The summed E-state index contributed by atoms with van der Waals surface area (Å²) in [6.07, 6.45) is 4.28. The third-order valence-electron chi connectivity index (χ3n) is 3.54. The highest BCUT2D eigenvalue weighted by Crippen LogP contribution is 2.29. The Bertz CT molecular complexity index is 1020. The molecule has 7 nitrogen and oxygen atoms in total. The maximum absolute atomic E-state index is 13.9. The van der Waals surface area contributed by atoms with Gasteiger partial charge in [-0.2, -0.15) is 10.4 Å². The van der Waals surface area contributed by atoms with Crippen LogP contribution in [0.4, 0.5) is 10.1 Å². The van der Waals surface area contributed by atoms with Crippen molar-refractivity contribution in [2.45, 2.75) is 0 Å². The molecule has 9 heteroatoms. The Labute approximate surface area is 146 Å². The molecule has 3 rings (SSSR count). The predicted octanol–water partition coefficient (Wildman–Crippen LogP) is 2.70. The molecule has 0 aliphatic rings. The fourth-order valence-electron chi connectivity index (χ4n) is 2.42. The second-order valence-electron chi connectivity index (χ2n) is 5.01. The Balaban J connectivity index is 2.32. The van der Waals surface area contributed by atoms with Crippen LogP contribution in [0.3, 0.4) is 0 Å². The van der Waals surface area contributed by atoms with Crippen molar-refractivity contribution in [2.24, 2.45) is 0 Å². The maximum atomic E-state index is 13.9. The molecule has 0 saturated heterocycles. The first-order valence-electron chi connectivity index (χ1n) is 6.96. The zero-order valence-electron chi connectivity index (χ0n) is 12.9. The number of hydrogen-bond acceptors (Lipinski definition) is 5. The third-order valence-corrected chi connectivity index (χ3v) is 3.73. The van der Waals surface area contributed by atoms with Crippen molar-refractivity contribution in [1.29, 1.82) is 5.26 Å². The summed E-state index contributed by atoms with van der Waals surface area (Å²) >= 11 is 5.89. The van der Waals surface area contributed by atoms with Gasteiger partial charge in [0.15, 0.2) is 5.69 Å². The van der Waals surface area contributed by atoms with Gasteiger partial charge in [-0.15, -0.1) is 0 Å². The van der Waals surface area contributed by atoms with Crippen molar-refractivity contribution in [3.05, 3.63) is 58.9 Å². The molecule has 0 unspecified atom stereocenters. The summed E-state index contributed by atoms with van der Waals surface area (Å²) in [6, 6.07) is 5.79. The van der Waals surface area contributed by atoms with Crippen molar-refractivity contribution in [3.8, 4) is 17.4 Å². The van der Waals surface area contributed by atoms with Crippen molar-refractivity contribution < 1.29 is 13.9 Å². The van der Waals surface area contributed by atoms with Gasteiger partial charge in [0, 0.05) is 18.5 Å². The average molecular weight is 360 g/mol. The summed E-state index contributed by atoms with van der Waals surface area (Å²) in [7, 11) is 1.19. The van der Waals surface area contributed by atoms with Gasteiger partial charge >= 0.3 is 5.97 Å². The molecule has 0 spiro atoms. The smallest absolute Gasteiger partial charge is 0.357 e. The number of ether oxygens (including phenoxy) is 1. The molecule has 2 N–H and O–H groups in total. The third kappa shape index (κ3) is 2.81. The van der Waals surface area contributed by atoms with Gasteiger partial charge in [0.2, 0.25) is 0 Å². The van der Waals surface area contributed by atoms with Crippen LogP contribution in [0.15, 0.2) is 36.8 Å². The normalized spacial score (nSPS) is 10.5. The van der Waals surface area contributed by atoms with Gasteiger partial charge in [0.05, 0.1) is 41.0 Å². The fourth-order valence-corrected chi connectivity index (χ4v) is 2.56. The number of esters is 1. The number of aromatic nitrogens is 3. The number of nitrogen functional groups attached to an aromatic ring is 1. The first-order valence-corrected chi connectivity index (χ1v) is 7.33. The van der Waals surface area contributed by atoms with Crippen LogP contribution in [-0.4, -0.2) is 27.4 Å². The van der Waals surface area contributed by atoms with E-state index in [4.69, 9.17) is 22.1 Å². The molecule has 0 fully saturated rings. The van der Waals surface area contributed by atoms with E-state index in [1.165, 1.54) is 53.1 Å². The highest BCUT2D eigenvalue weighted by molar-refractivity contribution is 6.30. The van der Waals surface area contributed by atoms with Crippen LogP contribution in [0.2, 0.25) is 5.02 Å². The van der Waals surface area contributed by atoms with E-state index in [2.05, 4.69) is 5.10 Å². The quantitative estimate of drug-likeness (QED) is 0.725. The van der Waals surface area contributed by atoms with Crippen molar-refractivity contribution in [3.63, 3.8) is 0 Å². The van der Waals surface area contributed by atoms with Gasteiger partial charge in [-0.25, -0.2) is 13.9 Å². The molecule has 1 aromatic carbocycles. The van der Waals surface area contributed by atoms with E-state index in [9.17, 15) is 14.4 Å². The van der Waals surface area contributed by atoms with Crippen LogP contribution in [-0.2, 0) is 4.74 Å². The van der Waals surface area contributed by atoms with Gasteiger partial charge in [-0.1, -0.05) is 11.6 Å². The monoisotopic (exact) mass is 359 g/mol. The highest BCUT2D eigenvalue weighted by atomic mass is 35.5. The number of halogens is 2. The second-order valence-corrected chi connectivity index (χ2v) is 5.45. The molecule has 3 aromatic rings. The zero-order valence-corrected chi connectivity index (χ0v) is 13.7. The maximum Gasteiger partial charge on any atom is 0.357 e. The van der Waals surface area contributed by atoms with E-state index in [1.807, 2.05) is 6.07 Å². The lowest BCUT2D eigenvalue weighted by atomic mass is 10.2. The molecule has 2 heterocycles. The average Bonchev–Trinajstić information content (AvgIpc) is 3.17. The second kappa shape index (κ2) is 6.30. The molecular formula is C16H11ClFN5O2. The minimum atomic E-state index is -0.757. The first kappa shape index (κ1) is 16.5. The molecular weight excluding hydrogens is 349 g/mol. The SMILES string of the molecule is COC(=O)c1c(N)c(C#N)cn1-c1cc(F)ccc1-n1cc(Cl)cn1. The van der Waals surface area contributed by atoms with Crippen LogP contribution in [0.1, 0.15) is 16.1 Å². The summed E-state index contributed by atoms with van der Waals surface area (Å²) in [6.45, 7) is 0. The van der Waals surface area contributed by atoms with E-state index < -0.39 is 11.8 Å². The number of nitrogens with zero attached hydrogens (tertiary/aromatic N) is 4. The van der Waals surface area contributed by atoms with Crippen molar-refractivity contribution in [1.82, 2.24) is 14.3 Å². The molecule has 126 valence electrons. The predicted molar refractivity (Wildman–Crippen MR) is 88.3 cm³/mol. The van der Waals surface area contributed by atoms with E-state index in [0.29, 0.717) is 10.7 Å². The molecule has 0 amide bonds. The van der Waals surface area contributed by atoms with Gasteiger partial charge in [-0.05, 0) is 12.1 Å². The Hall–Kier alpha value is -3.31. The van der Waals surface area contributed by atoms with Gasteiger partial charge in [0.25, 0.3) is 0 Å².